The fourth-order valence-corrected chi connectivity index (χ4v) is 1.77. The Labute approximate surface area is 62.4 Å². The standard InChI is InChI=1S/C9H16O/c1-6(7-2-3-7)9(10)8-4-5-8/h6-10H,2-5H2,1H3. The van der Waals surface area contributed by atoms with Crippen LogP contribution in [0.25, 0.3) is 0 Å². The molecule has 2 fully saturated rings. The van der Waals surface area contributed by atoms with Crippen molar-refractivity contribution in [2.75, 3.05) is 0 Å². The summed E-state index contributed by atoms with van der Waals surface area (Å²) < 4.78 is 0. The molecule has 2 aliphatic carbocycles. The summed E-state index contributed by atoms with van der Waals surface area (Å²) in [7, 11) is 0. The molecule has 1 heteroatoms. The largest absolute Gasteiger partial charge is 0.393 e. The first-order valence-electron chi connectivity index (χ1n) is 4.47. The van der Waals surface area contributed by atoms with Crippen LogP contribution in [0.15, 0.2) is 0 Å². The van der Waals surface area contributed by atoms with Gasteiger partial charge >= 0.3 is 0 Å². The lowest BCUT2D eigenvalue weighted by molar-refractivity contribution is 0.0843. The molecule has 1 nitrogen and oxygen atoms in total. The third kappa shape index (κ3) is 1.20. The lowest BCUT2D eigenvalue weighted by atomic mass is 9.96. The average molecular weight is 140 g/mol. The minimum atomic E-state index is 0.0347. The highest BCUT2D eigenvalue weighted by molar-refractivity contribution is 4.90. The van der Waals surface area contributed by atoms with Gasteiger partial charge < -0.3 is 5.11 Å². The van der Waals surface area contributed by atoms with Gasteiger partial charge in [-0.1, -0.05) is 6.92 Å². The molecular weight excluding hydrogens is 124 g/mol. The van der Waals surface area contributed by atoms with Gasteiger partial charge in [-0.25, -0.2) is 0 Å². The lowest BCUT2D eigenvalue weighted by Crippen LogP contribution is -2.21. The fourth-order valence-electron chi connectivity index (χ4n) is 1.77. The zero-order chi connectivity index (χ0) is 7.14. The first-order chi connectivity index (χ1) is 4.79. The second-order valence-electron chi connectivity index (χ2n) is 4.02. The van der Waals surface area contributed by atoms with E-state index in [1.165, 1.54) is 25.7 Å². The van der Waals surface area contributed by atoms with Crippen molar-refractivity contribution in [3.8, 4) is 0 Å². The summed E-state index contributed by atoms with van der Waals surface area (Å²) >= 11 is 0. The van der Waals surface area contributed by atoms with Gasteiger partial charge in [0.15, 0.2) is 0 Å². The van der Waals surface area contributed by atoms with Gasteiger partial charge in [0, 0.05) is 0 Å². The van der Waals surface area contributed by atoms with E-state index in [1.807, 2.05) is 0 Å². The van der Waals surface area contributed by atoms with E-state index in [2.05, 4.69) is 6.92 Å². The van der Waals surface area contributed by atoms with Crippen LogP contribution >= 0.6 is 0 Å². The minimum Gasteiger partial charge on any atom is -0.393 e. The molecule has 0 bridgehead atoms. The van der Waals surface area contributed by atoms with Crippen LogP contribution in [0.5, 0.6) is 0 Å². The molecule has 0 aromatic heterocycles. The summed E-state index contributed by atoms with van der Waals surface area (Å²) in [5.74, 6) is 2.14. The van der Waals surface area contributed by atoms with Gasteiger partial charge in [-0.2, -0.15) is 0 Å². The molecule has 1 N–H and O–H groups in total. The van der Waals surface area contributed by atoms with Crippen molar-refractivity contribution in [1.29, 1.82) is 0 Å². The monoisotopic (exact) mass is 140 g/mol. The van der Waals surface area contributed by atoms with E-state index >= 15 is 0 Å². The van der Waals surface area contributed by atoms with E-state index in [-0.39, 0.29) is 6.10 Å². The minimum absolute atomic E-state index is 0.0347. The Morgan fingerprint density at radius 2 is 1.60 bits per heavy atom. The van der Waals surface area contributed by atoms with Crippen LogP contribution < -0.4 is 0 Å². The van der Waals surface area contributed by atoms with E-state index in [9.17, 15) is 5.11 Å². The van der Waals surface area contributed by atoms with E-state index in [0.717, 1.165) is 5.92 Å². The van der Waals surface area contributed by atoms with Crippen LogP contribution in [0.2, 0.25) is 0 Å². The van der Waals surface area contributed by atoms with Gasteiger partial charge in [0.25, 0.3) is 0 Å². The van der Waals surface area contributed by atoms with Crippen LogP contribution in [0.1, 0.15) is 32.6 Å². The molecule has 0 aliphatic heterocycles. The number of hydrogen-bond acceptors (Lipinski definition) is 1. The number of rotatable bonds is 3. The molecule has 2 rings (SSSR count). The number of hydrogen-bond donors (Lipinski definition) is 1. The Hall–Kier alpha value is -0.0400. The fraction of sp³-hybridized carbons (Fsp3) is 1.00. The maximum absolute atomic E-state index is 9.67. The molecule has 0 amide bonds. The average Bonchev–Trinajstić information content (AvgIpc) is 2.73. The van der Waals surface area contributed by atoms with Crippen LogP contribution in [0.4, 0.5) is 0 Å². The van der Waals surface area contributed by atoms with Gasteiger partial charge in [0.2, 0.25) is 0 Å². The van der Waals surface area contributed by atoms with E-state index in [0.29, 0.717) is 11.8 Å². The summed E-state index contributed by atoms with van der Waals surface area (Å²) in [6, 6.07) is 0. The summed E-state index contributed by atoms with van der Waals surface area (Å²) in [5, 5.41) is 9.67. The second-order valence-corrected chi connectivity index (χ2v) is 4.02. The Bertz CT molecular complexity index is 109. The van der Waals surface area contributed by atoms with Crippen LogP contribution in [0, 0.1) is 17.8 Å². The maximum atomic E-state index is 9.67. The summed E-state index contributed by atoms with van der Waals surface area (Å²) in [6.45, 7) is 2.21. The molecular formula is C9H16O. The van der Waals surface area contributed by atoms with Crippen molar-refractivity contribution in [3.05, 3.63) is 0 Å². The molecule has 2 unspecified atom stereocenters. The highest BCUT2D eigenvalue weighted by atomic mass is 16.3. The molecule has 0 radical (unpaired) electrons. The summed E-state index contributed by atoms with van der Waals surface area (Å²) in [6.07, 6.45) is 5.32. The number of aliphatic hydroxyl groups excluding tert-OH is 1. The first kappa shape index (κ1) is 6.66. The third-order valence-corrected chi connectivity index (χ3v) is 3.01. The van der Waals surface area contributed by atoms with Crippen molar-refractivity contribution in [2.24, 2.45) is 17.8 Å². The van der Waals surface area contributed by atoms with Crippen molar-refractivity contribution in [3.63, 3.8) is 0 Å². The zero-order valence-corrected chi connectivity index (χ0v) is 6.59. The normalized spacial score (nSPS) is 31.8. The predicted molar refractivity (Wildman–Crippen MR) is 40.6 cm³/mol. The molecule has 0 spiro atoms. The molecule has 2 atom stereocenters. The number of aliphatic hydroxyl groups is 1. The van der Waals surface area contributed by atoms with Crippen molar-refractivity contribution in [2.45, 2.75) is 38.7 Å². The van der Waals surface area contributed by atoms with Crippen molar-refractivity contribution < 1.29 is 5.11 Å². The first-order valence-corrected chi connectivity index (χ1v) is 4.47. The van der Waals surface area contributed by atoms with Crippen molar-refractivity contribution >= 4 is 0 Å². The molecule has 58 valence electrons. The highest BCUT2D eigenvalue weighted by Crippen LogP contribution is 2.44. The molecule has 2 aliphatic rings. The topological polar surface area (TPSA) is 20.2 Å². The van der Waals surface area contributed by atoms with E-state index < -0.39 is 0 Å². The summed E-state index contributed by atoms with van der Waals surface area (Å²) in [4.78, 5) is 0. The third-order valence-electron chi connectivity index (χ3n) is 3.01. The molecule has 0 heterocycles. The molecule has 0 saturated heterocycles. The smallest absolute Gasteiger partial charge is 0.0596 e. The molecule has 10 heavy (non-hydrogen) atoms. The van der Waals surface area contributed by atoms with Crippen LogP contribution in [-0.4, -0.2) is 11.2 Å². The quantitative estimate of drug-likeness (QED) is 0.633. The van der Waals surface area contributed by atoms with Gasteiger partial charge in [-0.3, -0.25) is 0 Å². The second kappa shape index (κ2) is 2.23. The Balaban J connectivity index is 1.83. The maximum Gasteiger partial charge on any atom is 0.0596 e. The molecule has 0 aromatic rings. The van der Waals surface area contributed by atoms with Gasteiger partial charge in [0.1, 0.15) is 0 Å². The van der Waals surface area contributed by atoms with Gasteiger partial charge in [-0.05, 0) is 43.4 Å². The zero-order valence-electron chi connectivity index (χ0n) is 6.59. The van der Waals surface area contributed by atoms with Crippen LogP contribution in [-0.2, 0) is 0 Å². The lowest BCUT2D eigenvalue weighted by Gasteiger charge is -2.16. The predicted octanol–water partition coefficient (Wildman–Crippen LogP) is 1.80. The summed E-state index contributed by atoms with van der Waals surface area (Å²) in [5.41, 5.74) is 0. The van der Waals surface area contributed by atoms with Gasteiger partial charge in [-0.15, -0.1) is 0 Å². The molecule has 0 aromatic carbocycles. The van der Waals surface area contributed by atoms with Crippen molar-refractivity contribution in [1.82, 2.24) is 0 Å². The van der Waals surface area contributed by atoms with Crippen LogP contribution in [0.3, 0.4) is 0 Å². The molecule has 2 saturated carbocycles. The highest BCUT2D eigenvalue weighted by Gasteiger charge is 2.39. The van der Waals surface area contributed by atoms with Gasteiger partial charge in [0.05, 0.1) is 6.10 Å². The van der Waals surface area contributed by atoms with E-state index in [1.54, 1.807) is 0 Å². The Kier molecular flexibility index (Phi) is 1.48. The van der Waals surface area contributed by atoms with E-state index in [4.69, 9.17) is 0 Å². The Morgan fingerprint density at radius 1 is 1.10 bits per heavy atom. The Morgan fingerprint density at radius 3 is 2.00 bits per heavy atom. The SMILES string of the molecule is CC(C1CC1)C(O)C1CC1.